The lowest BCUT2D eigenvalue weighted by Crippen LogP contribution is -2.29. The van der Waals surface area contributed by atoms with E-state index in [9.17, 15) is 14.7 Å². The van der Waals surface area contributed by atoms with Gasteiger partial charge in [-0.2, -0.15) is 0 Å². The summed E-state index contributed by atoms with van der Waals surface area (Å²) in [4.78, 5) is 32.4. The zero-order chi connectivity index (χ0) is 27.9. The number of pyridine rings is 1. The van der Waals surface area contributed by atoms with Gasteiger partial charge in [0.05, 0.1) is 39.6 Å². The zero-order valence-corrected chi connectivity index (χ0v) is 22.5. The van der Waals surface area contributed by atoms with E-state index in [1.54, 1.807) is 54.9 Å². The number of rotatable bonds is 11. The molecule has 1 aliphatic rings. The van der Waals surface area contributed by atoms with E-state index < -0.39 is 17.7 Å². The molecule has 9 nitrogen and oxygen atoms in total. The van der Waals surface area contributed by atoms with Crippen LogP contribution in [0.15, 0.2) is 66.5 Å². The van der Waals surface area contributed by atoms with Crippen LogP contribution in [0.1, 0.15) is 42.5 Å². The fraction of sp³-hybridized carbons (Fsp3) is 0.300. The van der Waals surface area contributed by atoms with Crippen LogP contribution in [-0.4, -0.2) is 54.6 Å². The Labute approximate surface area is 227 Å². The van der Waals surface area contributed by atoms with Gasteiger partial charge < -0.3 is 29.0 Å². The van der Waals surface area contributed by atoms with Crippen molar-refractivity contribution in [3.05, 3.63) is 83.2 Å². The van der Waals surface area contributed by atoms with Gasteiger partial charge in [-0.1, -0.05) is 25.5 Å². The quantitative estimate of drug-likeness (QED) is 0.161. The minimum atomic E-state index is -0.892. The number of ketones is 1. The Balaban J connectivity index is 1.85. The first-order valence-electron chi connectivity index (χ1n) is 12.6. The first-order chi connectivity index (χ1) is 18.9. The third-order valence-electron chi connectivity index (χ3n) is 6.53. The lowest BCUT2D eigenvalue weighted by molar-refractivity contribution is -0.140. The van der Waals surface area contributed by atoms with Gasteiger partial charge in [0.2, 0.25) is 0 Å². The average Bonchev–Trinajstić information content (AvgIpc) is 3.22. The normalized spacial score (nSPS) is 16.3. The van der Waals surface area contributed by atoms with Crippen LogP contribution >= 0.6 is 0 Å². The van der Waals surface area contributed by atoms with Crippen LogP contribution in [0.5, 0.6) is 23.0 Å². The molecule has 1 N–H and O–H groups in total. The first kappa shape index (κ1) is 27.5. The van der Waals surface area contributed by atoms with Crippen LogP contribution < -0.4 is 18.9 Å². The Hall–Kier alpha value is -4.53. The first-order valence-corrected chi connectivity index (χ1v) is 12.6. The van der Waals surface area contributed by atoms with Crippen molar-refractivity contribution in [2.24, 2.45) is 0 Å². The summed E-state index contributed by atoms with van der Waals surface area (Å²) < 4.78 is 22.1. The lowest BCUT2D eigenvalue weighted by atomic mass is 9.94. The summed E-state index contributed by atoms with van der Waals surface area (Å²) >= 11 is 0. The van der Waals surface area contributed by atoms with Crippen LogP contribution in [0.2, 0.25) is 0 Å². The largest absolute Gasteiger partial charge is 0.507 e. The van der Waals surface area contributed by atoms with Gasteiger partial charge in [0.1, 0.15) is 5.76 Å². The summed E-state index contributed by atoms with van der Waals surface area (Å²) in [6, 6.07) is 12.7. The predicted octanol–water partition coefficient (Wildman–Crippen LogP) is 4.91. The number of carbonyl (C=O) groups is 2. The van der Waals surface area contributed by atoms with E-state index in [2.05, 4.69) is 11.9 Å². The molecule has 1 aliphatic heterocycles. The number of benzene rings is 2. The van der Waals surface area contributed by atoms with Gasteiger partial charge in [-0.25, -0.2) is 0 Å². The van der Waals surface area contributed by atoms with Crippen LogP contribution in [-0.2, 0) is 16.1 Å². The Morgan fingerprint density at radius 2 is 1.67 bits per heavy atom. The van der Waals surface area contributed by atoms with Crippen molar-refractivity contribution in [3.8, 4) is 23.0 Å². The number of hydrogen-bond acceptors (Lipinski definition) is 8. The van der Waals surface area contributed by atoms with Crippen molar-refractivity contribution in [2.75, 3.05) is 27.9 Å². The molecule has 1 aromatic heterocycles. The number of Topliss-reactive ketones (excluding diaryl/α,β-unsaturated/α-hetero) is 1. The highest BCUT2D eigenvalue weighted by atomic mass is 16.5. The third-order valence-corrected chi connectivity index (χ3v) is 6.53. The average molecular weight is 533 g/mol. The number of likely N-dealkylation sites (tertiary alicyclic amines) is 1. The number of aliphatic hydroxyl groups is 1. The molecule has 1 unspecified atom stereocenters. The highest BCUT2D eigenvalue weighted by Gasteiger charge is 2.46. The number of hydrogen-bond donors (Lipinski definition) is 1. The highest BCUT2D eigenvalue weighted by molar-refractivity contribution is 6.46. The van der Waals surface area contributed by atoms with Crippen LogP contribution in [0.25, 0.3) is 5.76 Å². The van der Waals surface area contributed by atoms with Crippen molar-refractivity contribution >= 4 is 17.4 Å². The minimum Gasteiger partial charge on any atom is -0.507 e. The number of aromatic nitrogens is 1. The molecule has 0 spiro atoms. The molecule has 3 aromatic rings. The van der Waals surface area contributed by atoms with Crippen LogP contribution in [0.3, 0.4) is 0 Å². The molecule has 4 rings (SSSR count). The Morgan fingerprint density at radius 1 is 0.949 bits per heavy atom. The molecule has 0 aliphatic carbocycles. The van der Waals surface area contributed by atoms with Gasteiger partial charge >= 0.3 is 0 Å². The van der Waals surface area contributed by atoms with E-state index in [-0.39, 0.29) is 17.9 Å². The second kappa shape index (κ2) is 12.3. The molecule has 9 heteroatoms. The number of methoxy groups -OCH3 is 3. The van der Waals surface area contributed by atoms with E-state index in [4.69, 9.17) is 18.9 Å². The molecule has 1 fully saturated rings. The molecule has 0 bridgehead atoms. The fourth-order valence-electron chi connectivity index (χ4n) is 4.52. The monoisotopic (exact) mass is 532 g/mol. The molecule has 204 valence electrons. The Morgan fingerprint density at radius 3 is 2.33 bits per heavy atom. The molecule has 1 amide bonds. The van der Waals surface area contributed by atoms with Crippen LogP contribution in [0, 0.1) is 0 Å². The standard InChI is InChI=1S/C30H32N2O7/c1-5-6-14-39-23-12-9-20(15-25(23)38-4)27-26(28(33)21-10-11-22(36-2)24(16-21)37-3)29(34)30(35)32(27)18-19-8-7-13-31-17-19/h7-13,15-17,27,33H,5-6,14,18H2,1-4H3/b28-26+. The predicted molar refractivity (Wildman–Crippen MR) is 145 cm³/mol. The Kier molecular flexibility index (Phi) is 8.70. The number of carbonyl (C=O) groups excluding carboxylic acids is 2. The van der Waals surface area contributed by atoms with Gasteiger partial charge in [0.25, 0.3) is 11.7 Å². The van der Waals surface area contributed by atoms with E-state index in [0.717, 1.165) is 18.4 Å². The third kappa shape index (κ3) is 5.67. The Bertz CT molecular complexity index is 1370. The van der Waals surface area contributed by atoms with E-state index in [1.165, 1.54) is 26.2 Å². The molecular weight excluding hydrogens is 500 g/mol. The molecule has 2 heterocycles. The van der Waals surface area contributed by atoms with E-state index in [0.29, 0.717) is 40.7 Å². The zero-order valence-electron chi connectivity index (χ0n) is 22.5. The summed E-state index contributed by atoms with van der Waals surface area (Å²) in [5, 5.41) is 11.4. The molecular formula is C30H32N2O7. The number of aliphatic hydroxyl groups excluding tert-OH is 1. The van der Waals surface area contributed by atoms with Crippen molar-refractivity contribution in [2.45, 2.75) is 32.4 Å². The second-order valence-electron chi connectivity index (χ2n) is 8.97. The number of unbranched alkanes of at least 4 members (excludes halogenated alkanes) is 1. The molecule has 39 heavy (non-hydrogen) atoms. The number of nitrogens with zero attached hydrogens (tertiary/aromatic N) is 2. The van der Waals surface area contributed by atoms with E-state index >= 15 is 0 Å². The minimum absolute atomic E-state index is 0.0437. The van der Waals surface area contributed by atoms with Crippen molar-refractivity contribution in [1.29, 1.82) is 0 Å². The van der Waals surface area contributed by atoms with Gasteiger partial charge in [0, 0.05) is 24.5 Å². The molecule has 1 atom stereocenters. The highest BCUT2D eigenvalue weighted by Crippen LogP contribution is 2.43. The maximum absolute atomic E-state index is 13.4. The number of ether oxygens (including phenoxy) is 4. The lowest BCUT2D eigenvalue weighted by Gasteiger charge is -2.26. The van der Waals surface area contributed by atoms with Crippen LogP contribution in [0.4, 0.5) is 0 Å². The van der Waals surface area contributed by atoms with Gasteiger partial charge in [-0.05, 0) is 53.9 Å². The van der Waals surface area contributed by atoms with Crippen molar-refractivity contribution in [3.63, 3.8) is 0 Å². The molecule has 1 saturated heterocycles. The molecule has 0 saturated carbocycles. The summed E-state index contributed by atoms with van der Waals surface area (Å²) in [7, 11) is 4.51. The topological polar surface area (TPSA) is 107 Å². The second-order valence-corrected chi connectivity index (χ2v) is 8.97. The number of amides is 1. The summed E-state index contributed by atoms with van der Waals surface area (Å²) in [6.45, 7) is 2.72. The van der Waals surface area contributed by atoms with Gasteiger partial charge in [-0.15, -0.1) is 0 Å². The summed E-state index contributed by atoms with van der Waals surface area (Å²) in [6.07, 6.45) is 5.14. The smallest absolute Gasteiger partial charge is 0.295 e. The maximum Gasteiger partial charge on any atom is 0.295 e. The molecule has 2 aromatic carbocycles. The maximum atomic E-state index is 13.4. The summed E-state index contributed by atoms with van der Waals surface area (Å²) in [5.74, 6) is 0.00575. The fourth-order valence-corrected chi connectivity index (χ4v) is 4.52. The summed E-state index contributed by atoms with van der Waals surface area (Å²) in [5.41, 5.74) is 1.59. The van der Waals surface area contributed by atoms with Gasteiger partial charge in [0.15, 0.2) is 23.0 Å². The van der Waals surface area contributed by atoms with Gasteiger partial charge in [-0.3, -0.25) is 14.6 Å². The van der Waals surface area contributed by atoms with Crippen molar-refractivity contribution < 1.29 is 33.6 Å². The SMILES string of the molecule is CCCCOc1ccc(C2/C(=C(\O)c3ccc(OC)c(OC)c3)C(=O)C(=O)N2Cc2cccnc2)cc1OC. The molecule has 0 radical (unpaired) electrons. The van der Waals surface area contributed by atoms with E-state index in [1.807, 2.05) is 6.07 Å². The van der Waals surface area contributed by atoms with Crippen molar-refractivity contribution in [1.82, 2.24) is 9.88 Å².